The average Bonchev–Trinajstić information content (AvgIpc) is 2.81. The zero-order valence-electron chi connectivity index (χ0n) is 11.0. The van der Waals surface area contributed by atoms with Crippen LogP contribution in [0.3, 0.4) is 0 Å². The van der Waals surface area contributed by atoms with Gasteiger partial charge in [0.15, 0.2) is 0 Å². The molecular weight excluding hydrogens is 228 g/mol. The number of nitrogen functional groups attached to an aromatic ring is 1. The van der Waals surface area contributed by atoms with Crippen molar-refractivity contribution in [1.82, 2.24) is 14.7 Å². The van der Waals surface area contributed by atoms with Crippen LogP contribution in [0.15, 0.2) is 12.3 Å². The van der Waals surface area contributed by atoms with Crippen molar-refractivity contribution in [3.8, 4) is 0 Å². The summed E-state index contributed by atoms with van der Waals surface area (Å²) in [6.45, 7) is 2.78. The van der Waals surface area contributed by atoms with E-state index in [1.807, 2.05) is 16.9 Å². The van der Waals surface area contributed by atoms with Gasteiger partial charge in [0.2, 0.25) is 0 Å². The molecule has 1 aliphatic rings. The molecule has 1 fully saturated rings. The minimum absolute atomic E-state index is 0.234. The fourth-order valence-electron chi connectivity index (χ4n) is 2.78. The average molecular weight is 252 g/mol. The van der Waals surface area contributed by atoms with Crippen LogP contribution < -0.4 is 5.73 Å². The molecule has 5 heteroatoms. The van der Waals surface area contributed by atoms with Gasteiger partial charge in [-0.2, -0.15) is 5.10 Å². The van der Waals surface area contributed by atoms with Crippen LogP contribution in [0.2, 0.25) is 0 Å². The first-order valence-electron chi connectivity index (χ1n) is 6.93. The fraction of sp³-hybridized carbons (Fsp3) is 0.769. The van der Waals surface area contributed by atoms with Gasteiger partial charge in [0.25, 0.3) is 0 Å². The highest BCUT2D eigenvalue weighted by molar-refractivity contribution is 5.23. The molecule has 1 saturated carbocycles. The minimum atomic E-state index is 0.234. The van der Waals surface area contributed by atoms with Gasteiger partial charge in [0.1, 0.15) is 5.82 Å². The molecule has 0 atom stereocenters. The molecule has 3 N–H and O–H groups in total. The predicted octanol–water partition coefficient (Wildman–Crippen LogP) is 1.09. The van der Waals surface area contributed by atoms with Crippen molar-refractivity contribution in [2.75, 3.05) is 25.4 Å². The normalized spacial score (nSPS) is 17.4. The van der Waals surface area contributed by atoms with Gasteiger partial charge in [-0.15, -0.1) is 0 Å². The van der Waals surface area contributed by atoms with Gasteiger partial charge >= 0.3 is 0 Å². The molecule has 0 spiro atoms. The van der Waals surface area contributed by atoms with Crippen molar-refractivity contribution in [2.45, 2.75) is 44.7 Å². The van der Waals surface area contributed by atoms with Crippen LogP contribution in [0.4, 0.5) is 5.82 Å². The number of anilines is 1. The Balaban J connectivity index is 1.85. The van der Waals surface area contributed by atoms with Crippen LogP contribution in [0.25, 0.3) is 0 Å². The summed E-state index contributed by atoms with van der Waals surface area (Å²) < 4.78 is 1.88. The highest BCUT2D eigenvalue weighted by Gasteiger charge is 2.20. The third-order valence-corrected chi connectivity index (χ3v) is 3.76. The molecule has 0 unspecified atom stereocenters. The summed E-state index contributed by atoms with van der Waals surface area (Å²) in [4.78, 5) is 2.40. The fourth-order valence-corrected chi connectivity index (χ4v) is 2.78. The molecule has 0 aromatic carbocycles. The first-order chi connectivity index (χ1) is 8.79. The second-order valence-electron chi connectivity index (χ2n) is 5.06. The minimum Gasteiger partial charge on any atom is -0.395 e. The van der Waals surface area contributed by atoms with Gasteiger partial charge in [-0.05, 0) is 18.9 Å². The lowest BCUT2D eigenvalue weighted by atomic mass is 9.94. The number of aliphatic hydroxyl groups excluding tert-OH is 1. The van der Waals surface area contributed by atoms with Gasteiger partial charge in [-0.25, -0.2) is 0 Å². The number of rotatable bonds is 6. The number of hydrogen-bond acceptors (Lipinski definition) is 4. The first kappa shape index (κ1) is 13.4. The van der Waals surface area contributed by atoms with Gasteiger partial charge in [0.05, 0.1) is 13.2 Å². The number of nitrogens with zero attached hydrogens (tertiary/aromatic N) is 3. The molecule has 0 saturated heterocycles. The van der Waals surface area contributed by atoms with Crippen molar-refractivity contribution in [3.05, 3.63) is 12.3 Å². The van der Waals surface area contributed by atoms with Crippen molar-refractivity contribution >= 4 is 5.82 Å². The summed E-state index contributed by atoms with van der Waals surface area (Å²) in [5.74, 6) is 0.571. The van der Waals surface area contributed by atoms with E-state index in [4.69, 9.17) is 5.73 Å². The molecule has 5 nitrogen and oxygen atoms in total. The first-order valence-corrected chi connectivity index (χ1v) is 6.93. The molecule has 2 rings (SSSR count). The zero-order chi connectivity index (χ0) is 12.8. The van der Waals surface area contributed by atoms with Crippen molar-refractivity contribution in [3.63, 3.8) is 0 Å². The summed E-state index contributed by atoms with van der Waals surface area (Å²) in [5.41, 5.74) is 5.60. The van der Waals surface area contributed by atoms with E-state index in [0.29, 0.717) is 11.9 Å². The van der Waals surface area contributed by atoms with E-state index in [0.717, 1.165) is 19.6 Å². The summed E-state index contributed by atoms with van der Waals surface area (Å²) in [5, 5.41) is 13.4. The Bertz CT molecular complexity index is 347. The van der Waals surface area contributed by atoms with Crippen LogP contribution in [0, 0.1) is 0 Å². The van der Waals surface area contributed by atoms with Crippen molar-refractivity contribution in [1.29, 1.82) is 0 Å². The maximum atomic E-state index is 9.18. The SMILES string of the molecule is Nc1ccn(CCN(CCO)C2CCCCC2)n1. The van der Waals surface area contributed by atoms with Crippen molar-refractivity contribution in [2.24, 2.45) is 0 Å². The maximum Gasteiger partial charge on any atom is 0.145 e. The number of hydrogen-bond donors (Lipinski definition) is 2. The number of aromatic nitrogens is 2. The smallest absolute Gasteiger partial charge is 0.145 e. The number of aliphatic hydroxyl groups is 1. The van der Waals surface area contributed by atoms with E-state index in [1.165, 1.54) is 32.1 Å². The lowest BCUT2D eigenvalue weighted by Gasteiger charge is -2.33. The van der Waals surface area contributed by atoms with E-state index in [-0.39, 0.29) is 6.61 Å². The molecule has 1 heterocycles. The quantitative estimate of drug-likeness (QED) is 0.795. The lowest BCUT2D eigenvalue weighted by Crippen LogP contribution is -2.40. The van der Waals surface area contributed by atoms with Crippen LogP contribution in [-0.2, 0) is 6.54 Å². The van der Waals surface area contributed by atoms with Crippen molar-refractivity contribution < 1.29 is 5.11 Å². The van der Waals surface area contributed by atoms with E-state index < -0.39 is 0 Å². The molecule has 0 amide bonds. The van der Waals surface area contributed by atoms with Crippen LogP contribution in [0.5, 0.6) is 0 Å². The highest BCUT2D eigenvalue weighted by Crippen LogP contribution is 2.22. The summed E-state index contributed by atoms with van der Waals surface area (Å²) in [6.07, 6.45) is 8.44. The molecule has 1 aliphatic carbocycles. The van der Waals surface area contributed by atoms with E-state index in [9.17, 15) is 5.11 Å². The molecule has 0 bridgehead atoms. The standard InChI is InChI=1S/C13H24N4O/c14-13-6-7-17(15-13)9-8-16(10-11-18)12-4-2-1-3-5-12/h6-7,12,18H,1-5,8-11H2,(H2,14,15). The topological polar surface area (TPSA) is 67.3 Å². The van der Waals surface area contributed by atoms with Gasteiger partial charge in [-0.3, -0.25) is 9.58 Å². The molecule has 1 aromatic heterocycles. The Morgan fingerprint density at radius 1 is 1.33 bits per heavy atom. The maximum absolute atomic E-state index is 9.18. The predicted molar refractivity (Wildman–Crippen MR) is 72.2 cm³/mol. The molecule has 0 aliphatic heterocycles. The third kappa shape index (κ3) is 3.71. The van der Waals surface area contributed by atoms with Crippen LogP contribution >= 0.6 is 0 Å². The summed E-state index contributed by atoms with van der Waals surface area (Å²) in [7, 11) is 0. The Labute approximate surface area is 109 Å². The molecule has 18 heavy (non-hydrogen) atoms. The summed E-state index contributed by atoms with van der Waals surface area (Å²) in [6, 6.07) is 2.45. The van der Waals surface area contributed by atoms with Crippen LogP contribution in [-0.4, -0.2) is 45.5 Å². The second-order valence-corrected chi connectivity index (χ2v) is 5.06. The molecular formula is C13H24N4O. The van der Waals surface area contributed by atoms with E-state index >= 15 is 0 Å². The zero-order valence-corrected chi connectivity index (χ0v) is 11.0. The van der Waals surface area contributed by atoms with E-state index in [1.54, 1.807) is 0 Å². The molecule has 102 valence electrons. The van der Waals surface area contributed by atoms with Gasteiger partial charge in [0, 0.05) is 25.3 Å². The third-order valence-electron chi connectivity index (χ3n) is 3.76. The number of nitrogens with two attached hydrogens (primary N) is 1. The Morgan fingerprint density at radius 3 is 2.72 bits per heavy atom. The van der Waals surface area contributed by atoms with Gasteiger partial charge < -0.3 is 10.8 Å². The van der Waals surface area contributed by atoms with Crippen LogP contribution in [0.1, 0.15) is 32.1 Å². The monoisotopic (exact) mass is 252 g/mol. The molecule has 0 radical (unpaired) electrons. The Hall–Kier alpha value is -1.07. The highest BCUT2D eigenvalue weighted by atomic mass is 16.3. The Kier molecular flexibility index (Phi) is 5.01. The lowest BCUT2D eigenvalue weighted by molar-refractivity contribution is 0.119. The van der Waals surface area contributed by atoms with Gasteiger partial charge in [-0.1, -0.05) is 19.3 Å². The van der Waals surface area contributed by atoms with E-state index in [2.05, 4.69) is 10.00 Å². The summed E-state index contributed by atoms with van der Waals surface area (Å²) >= 11 is 0. The largest absolute Gasteiger partial charge is 0.395 e. The second kappa shape index (κ2) is 6.75. The molecule has 1 aromatic rings. The Morgan fingerprint density at radius 2 is 2.11 bits per heavy atom.